The van der Waals surface area contributed by atoms with E-state index in [1.165, 1.54) is 22.9 Å². The second-order valence-corrected chi connectivity index (χ2v) is 5.75. The fraction of sp³-hybridized carbons (Fsp3) is 0.364. The number of nitrogens with zero attached hydrogens (tertiary/aromatic N) is 4. The van der Waals surface area contributed by atoms with Crippen molar-refractivity contribution in [1.29, 1.82) is 0 Å². The summed E-state index contributed by atoms with van der Waals surface area (Å²) < 4.78 is 26.1. The number of nitrogens with two attached hydrogens (primary N) is 1. The zero-order chi connectivity index (χ0) is 14.0. The highest BCUT2D eigenvalue weighted by Gasteiger charge is 2.18. The monoisotopic (exact) mass is 283 g/mol. The summed E-state index contributed by atoms with van der Waals surface area (Å²) in [6.45, 7) is 1.84. The molecule has 1 aromatic heterocycles. The molecule has 0 bridgehead atoms. The Morgan fingerprint density at radius 3 is 2.95 bits per heavy atom. The van der Waals surface area contributed by atoms with Crippen molar-refractivity contribution in [2.45, 2.75) is 13.0 Å². The SMILES string of the molecule is CC(CS(C)=O)n1nnnc1-c1cc(F)ccc1N. The Bertz CT molecular complexity index is 615. The van der Waals surface area contributed by atoms with Crippen LogP contribution in [0.4, 0.5) is 10.1 Å². The standard InChI is InChI=1S/C11H14FN5OS/c1-7(6-19(2)18)17-11(14-15-16-17)9-5-8(12)3-4-10(9)13/h3-5,7H,6,13H2,1-2H3. The van der Waals surface area contributed by atoms with Crippen LogP contribution in [0.3, 0.4) is 0 Å². The van der Waals surface area contributed by atoms with Gasteiger partial charge in [0.05, 0.1) is 6.04 Å². The van der Waals surface area contributed by atoms with E-state index in [4.69, 9.17) is 5.73 Å². The number of anilines is 1. The van der Waals surface area contributed by atoms with Gasteiger partial charge in [0.1, 0.15) is 5.82 Å². The lowest BCUT2D eigenvalue weighted by atomic mass is 10.1. The molecule has 2 aromatic rings. The van der Waals surface area contributed by atoms with Gasteiger partial charge in [-0.05, 0) is 35.5 Å². The first-order valence-corrected chi connectivity index (χ1v) is 7.35. The summed E-state index contributed by atoms with van der Waals surface area (Å²) in [5, 5.41) is 11.3. The molecule has 0 fully saturated rings. The third kappa shape index (κ3) is 2.95. The van der Waals surface area contributed by atoms with Crippen molar-refractivity contribution in [2.75, 3.05) is 17.7 Å². The van der Waals surface area contributed by atoms with Crippen molar-refractivity contribution < 1.29 is 8.60 Å². The zero-order valence-electron chi connectivity index (χ0n) is 10.6. The first kappa shape index (κ1) is 13.6. The number of hydrogen-bond acceptors (Lipinski definition) is 5. The number of hydrogen-bond donors (Lipinski definition) is 1. The van der Waals surface area contributed by atoms with Gasteiger partial charge in [-0.25, -0.2) is 9.07 Å². The average Bonchev–Trinajstić information content (AvgIpc) is 2.80. The summed E-state index contributed by atoms with van der Waals surface area (Å²) >= 11 is 0. The first-order valence-electron chi connectivity index (χ1n) is 5.62. The summed E-state index contributed by atoms with van der Waals surface area (Å²) in [6, 6.07) is 3.86. The van der Waals surface area contributed by atoms with E-state index in [1.54, 1.807) is 6.26 Å². The Labute approximate surface area is 112 Å². The predicted molar refractivity (Wildman–Crippen MR) is 71.3 cm³/mol. The van der Waals surface area contributed by atoms with Gasteiger partial charge in [0.25, 0.3) is 0 Å². The molecule has 0 aliphatic heterocycles. The second kappa shape index (κ2) is 5.43. The lowest BCUT2D eigenvalue weighted by Gasteiger charge is -2.12. The average molecular weight is 283 g/mol. The maximum absolute atomic E-state index is 13.3. The smallest absolute Gasteiger partial charge is 0.184 e. The first-order chi connectivity index (χ1) is 8.99. The largest absolute Gasteiger partial charge is 0.398 e. The van der Waals surface area contributed by atoms with Crippen LogP contribution < -0.4 is 5.73 Å². The van der Waals surface area contributed by atoms with Gasteiger partial charge in [-0.1, -0.05) is 0 Å². The quantitative estimate of drug-likeness (QED) is 0.846. The summed E-state index contributed by atoms with van der Waals surface area (Å²) in [4.78, 5) is 0. The van der Waals surface area contributed by atoms with Crippen LogP contribution in [0, 0.1) is 5.82 Å². The molecule has 2 rings (SSSR count). The topological polar surface area (TPSA) is 86.7 Å². The lowest BCUT2D eigenvalue weighted by molar-refractivity contribution is 0.521. The Morgan fingerprint density at radius 1 is 1.53 bits per heavy atom. The molecule has 102 valence electrons. The van der Waals surface area contributed by atoms with Gasteiger partial charge >= 0.3 is 0 Å². The third-order valence-electron chi connectivity index (χ3n) is 2.64. The molecule has 0 amide bonds. The highest BCUT2D eigenvalue weighted by Crippen LogP contribution is 2.26. The molecule has 0 aliphatic carbocycles. The van der Waals surface area contributed by atoms with E-state index in [9.17, 15) is 8.60 Å². The van der Waals surface area contributed by atoms with Crippen molar-refractivity contribution in [3.8, 4) is 11.4 Å². The molecule has 1 aromatic carbocycles. The number of tetrazole rings is 1. The van der Waals surface area contributed by atoms with E-state index in [-0.39, 0.29) is 6.04 Å². The van der Waals surface area contributed by atoms with E-state index in [2.05, 4.69) is 15.5 Å². The lowest BCUT2D eigenvalue weighted by Crippen LogP contribution is -2.16. The van der Waals surface area contributed by atoms with E-state index in [0.29, 0.717) is 22.8 Å². The Hall–Kier alpha value is -1.83. The van der Waals surface area contributed by atoms with Gasteiger partial charge in [0, 0.05) is 34.1 Å². The summed E-state index contributed by atoms with van der Waals surface area (Å²) in [7, 11) is -0.976. The van der Waals surface area contributed by atoms with Crippen LogP contribution in [0.1, 0.15) is 13.0 Å². The van der Waals surface area contributed by atoms with Gasteiger partial charge in [-0.3, -0.25) is 4.21 Å². The molecule has 0 spiro atoms. The van der Waals surface area contributed by atoms with Crippen LogP contribution >= 0.6 is 0 Å². The van der Waals surface area contributed by atoms with Crippen molar-refractivity contribution in [3.05, 3.63) is 24.0 Å². The molecular formula is C11H14FN5OS. The minimum absolute atomic E-state index is 0.168. The highest BCUT2D eigenvalue weighted by atomic mass is 32.2. The van der Waals surface area contributed by atoms with E-state index in [1.807, 2.05) is 6.92 Å². The molecule has 19 heavy (non-hydrogen) atoms. The molecule has 8 heteroatoms. The normalized spacial score (nSPS) is 14.3. The van der Waals surface area contributed by atoms with Gasteiger partial charge in [0.2, 0.25) is 0 Å². The van der Waals surface area contributed by atoms with Gasteiger partial charge < -0.3 is 5.73 Å². The molecule has 0 saturated carbocycles. The number of halogens is 1. The Balaban J connectivity index is 2.44. The maximum Gasteiger partial charge on any atom is 0.184 e. The van der Waals surface area contributed by atoms with Crippen LogP contribution in [0.15, 0.2) is 18.2 Å². The molecular weight excluding hydrogens is 269 g/mol. The summed E-state index contributed by atoms with van der Waals surface area (Å²) in [5.41, 5.74) is 6.64. The highest BCUT2D eigenvalue weighted by molar-refractivity contribution is 7.84. The molecule has 1 heterocycles. The van der Waals surface area contributed by atoms with Crippen molar-refractivity contribution in [2.24, 2.45) is 0 Å². The number of rotatable bonds is 4. The molecule has 6 nitrogen and oxygen atoms in total. The molecule has 2 unspecified atom stereocenters. The van der Waals surface area contributed by atoms with Gasteiger partial charge in [-0.15, -0.1) is 5.10 Å². The fourth-order valence-corrected chi connectivity index (χ4v) is 2.62. The van der Waals surface area contributed by atoms with E-state index in [0.717, 1.165) is 0 Å². The predicted octanol–water partition coefficient (Wildman–Crippen LogP) is 1.00. The van der Waals surface area contributed by atoms with Crippen molar-refractivity contribution in [1.82, 2.24) is 20.2 Å². The molecule has 2 N–H and O–H groups in total. The van der Waals surface area contributed by atoms with Crippen molar-refractivity contribution in [3.63, 3.8) is 0 Å². The summed E-state index contributed by atoms with van der Waals surface area (Å²) in [5.74, 6) is 0.369. The molecule has 0 radical (unpaired) electrons. The molecule has 0 saturated heterocycles. The number of nitrogen functional groups attached to an aromatic ring is 1. The Kier molecular flexibility index (Phi) is 3.89. The number of benzene rings is 1. The minimum atomic E-state index is -0.976. The maximum atomic E-state index is 13.3. The summed E-state index contributed by atoms with van der Waals surface area (Å²) in [6.07, 6.45) is 1.61. The van der Waals surface area contributed by atoms with Gasteiger partial charge in [-0.2, -0.15) is 0 Å². The molecule has 2 atom stereocenters. The van der Waals surface area contributed by atoms with Gasteiger partial charge in [0.15, 0.2) is 5.82 Å². The second-order valence-electron chi connectivity index (χ2n) is 4.27. The van der Waals surface area contributed by atoms with Crippen molar-refractivity contribution >= 4 is 16.5 Å². The van der Waals surface area contributed by atoms with Crippen LogP contribution in [-0.2, 0) is 10.8 Å². The van der Waals surface area contributed by atoms with E-state index < -0.39 is 16.6 Å². The third-order valence-corrected chi connectivity index (χ3v) is 3.59. The minimum Gasteiger partial charge on any atom is -0.398 e. The van der Waals surface area contributed by atoms with Crippen LogP contribution in [0.2, 0.25) is 0 Å². The van der Waals surface area contributed by atoms with Crippen LogP contribution in [0.5, 0.6) is 0 Å². The zero-order valence-corrected chi connectivity index (χ0v) is 11.4. The van der Waals surface area contributed by atoms with Crippen LogP contribution in [0.25, 0.3) is 11.4 Å². The fourth-order valence-electron chi connectivity index (χ4n) is 1.80. The molecule has 0 aliphatic rings. The number of aromatic nitrogens is 4. The van der Waals surface area contributed by atoms with E-state index >= 15 is 0 Å². The van der Waals surface area contributed by atoms with Crippen LogP contribution in [-0.4, -0.2) is 36.4 Å². The Morgan fingerprint density at radius 2 is 2.26 bits per heavy atom.